The summed E-state index contributed by atoms with van der Waals surface area (Å²) in [6.07, 6.45) is 7.75. The summed E-state index contributed by atoms with van der Waals surface area (Å²) in [6, 6.07) is 4.21. The molecular formula is C16H25N3O2. The molecule has 0 aliphatic heterocycles. The topological polar surface area (TPSA) is 65.5 Å². The number of nitrogens with one attached hydrogen (secondary N) is 1. The van der Waals surface area contributed by atoms with Crippen molar-refractivity contribution in [3.8, 4) is 0 Å². The number of aliphatic hydroxyl groups excluding tert-OH is 1. The van der Waals surface area contributed by atoms with E-state index in [1.165, 1.54) is 19.3 Å². The predicted molar refractivity (Wildman–Crippen MR) is 83.5 cm³/mol. The summed E-state index contributed by atoms with van der Waals surface area (Å²) >= 11 is 0. The van der Waals surface area contributed by atoms with Crippen LogP contribution in [0.15, 0.2) is 18.3 Å². The molecule has 0 bridgehead atoms. The van der Waals surface area contributed by atoms with Gasteiger partial charge in [0.05, 0.1) is 6.61 Å². The van der Waals surface area contributed by atoms with Gasteiger partial charge in [0.1, 0.15) is 5.69 Å². The largest absolute Gasteiger partial charge is 0.395 e. The Kier molecular flexibility index (Phi) is 5.99. The Hall–Kier alpha value is -1.62. The predicted octanol–water partition coefficient (Wildman–Crippen LogP) is 1.96. The molecule has 1 saturated carbocycles. The van der Waals surface area contributed by atoms with Gasteiger partial charge in [-0.25, -0.2) is 0 Å². The molecule has 21 heavy (non-hydrogen) atoms. The van der Waals surface area contributed by atoms with Crippen LogP contribution >= 0.6 is 0 Å². The average Bonchev–Trinajstić information content (AvgIpc) is 2.54. The number of pyridine rings is 1. The van der Waals surface area contributed by atoms with Crippen LogP contribution < -0.4 is 10.2 Å². The van der Waals surface area contributed by atoms with Crippen LogP contribution in [0.25, 0.3) is 0 Å². The van der Waals surface area contributed by atoms with Crippen LogP contribution in [0.2, 0.25) is 0 Å². The van der Waals surface area contributed by atoms with Crippen molar-refractivity contribution in [1.82, 2.24) is 10.3 Å². The van der Waals surface area contributed by atoms with E-state index in [-0.39, 0.29) is 12.5 Å². The van der Waals surface area contributed by atoms with Crippen LogP contribution in [0.4, 0.5) is 5.69 Å². The minimum Gasteiger partial charge on any atom is -0.395 e. The number of rotatable bonds is 6. The molecule has 1 aromatic rings. The summed E-state index contributed by atoms with van der Waals surface area (Å²) in [6.45, 7) is 3.20. The second-order valence-electron chi connectivity index (χ2n) is 5.47. The van der Waals surface area contributed by atoms with Gasteiger partial charge in [-0.1, -0.05) is 19.3 Å². The molecule has 0 radical (unpaired) electrons. The average molecular weight is 291 g/mol. The smallest absolute Gasteiger partial charge is 0.269 e. The highest BCUT2D eigenvalue weighted by Gasteiger charge is 2.22. The van der Waals surface area contributed by atoms with Crippen molar-refractivity contribution >= 4 is 11.6 Å². The molecule has 116 valence electrons. The maximum atomic E-state index is 11.9. The van der Waals surface area contributed by atoms with Crippen LogP contribution in [0.5, 0.6) is 0 Å². The van der Waals surface area contributed by atoms with Gasteiger partial charge in [0, 0.05) is 31.0 Å². The zero-order chi connectivity index (χ0) is 15.1. The summed E-state index contributed by atoms with van der Waals surface area (Å²) in [7, 11) is 0. The van der Waals surface area contributed by atoms with Gasteiger partial charge in [-0.2, -0.15) is 0 Å². The molecule has 0 saturated heterocycles. The number of aromatic nitrogens is 1. The number of amides is 1. The monoisotopic (exact) mass is 291 g/mol. The zero-order valence-corrected chi connectivity index (χ0v) is 12.7. The van der Waals surface area contributed by atoms with Crippen molar-refractivity contribution in [2.24, 2.45) is 0 Å². The third kappa shape index (κ3) is 4.17. The zero-order valence-electron chi connectivity index (χ0n) is 12.7. The quantitative estimate of drug-likeness (QED) is 0.841. The summed E-state index contributed by atoms with van der Waals surface area (Å²) in [4.78, 5) is 18.3. The lowest BCUT2D eigenvalue weighted by Gasteiger charge is -2.35. The van der Waals surface area contributed by atoms with Gasteiger partial charge >= 0.3 is 0 Å². The number of carbonyl (C=O) groups is 1. The standard InChI is InChI=1S/C16H25N3O2/c1-2-17-16(21)15-12-14(8-9-18-15)19(10-11-20)13-6-4-3-5-7-13/h8-9,12-13,20H,2-7,10-11H2,1H3,(H,17,21). The molecule has 0 atom stereocenters. The molecule has 5 heteroatoms. The second kappa shape index (κ2) is 7.98. The van der Waals surface area contributed by atoms with E-state index in [1.807, 2.05) is 19.1 Å². The maximum absolute atomic E-state index is 11.9. The Morgan fingerprint density at radius 3 is 2.86 bits per heavy atom. The van der Waals surface area contributed by atoms with E-state index >= 15 is 0 Å². The molecule has 1 fully saturated rings. The lowest BCUT2D eigenvalue weighted by atomic mass is 9.94. The molecule has 0 spiro atoms. The lowest BCUT2D eigenvalue weighted by molar-refractivity contribution is 0.0951. The van der Waals surface area contributed by atoms with E-state index in [0.717, 1.165) is 18.5 Å². The molecule has 2 N–H and O–H groups in total. The first-order valence-electron chi connectivity index (χ1n) is 7.88. The van der Waals surface area contributed by atoms with Gasteiger partial charge in [0.2, 0.25) is 0 Å². The van der Waals surface area contributed by atoms with E-state index in [1.54, 1.807) is 6.20 Å². The van der Waals surface area contributed by atoms with Crippen molar-refractivity contribution in [2.75, 3.05) is 24.6 Å². The number of aliphatic hydroxyl groups is 1. The van der Waals surface area contributed by atoms with Crippen LogP contribution in [0, 0.1) is 0 Å². The van der Waals surface area contributed by atoms with Crippen LogP contribution in [0.1, 0.15) is 49.5 Å². The minimum absolute atomic E-state index is 0.120. The van der Waals surface area contributed by atoms with Crippen molar-refractivity contribution < 1.29 is 9.90 Å². The lowest BCUT2D eigenvalue weighted by Crippen LogP contribution is -2.39. The van der Waals surface area contributed by atoms with E-state index < -0.39 is 0 Å². The van der Waals surface area contributed by atoms with Gasteiger partial charge in [-0.3, -0.25) is 9.78 Å². The minimum atomic E-state index is -0.146. The van der Waals surface area contributed by atoms with Crippen LogP contribution in [-0.4, -0.2) is 41.7 Å². The number of nitrogens with zero attached hydrogens (tertiary/aromatic N) is 2. The molecule has 0 aromatic carbocycles. The number of hydrogen-bond donors (Lipinski definition) is 2. The van der Waals surface area contributed by atoms with Crippen LogP contribution in [-0.2, 0) is 0 Å². The third-order valence-electron chi connectivity index (χ3n) is 4.00. The second-order valence-corrected chi connectivity index (χ2v) is 5.47. The highest BCUT2D eigenvalue weighted by molar-refractivity contribution is 5.93. The molecule has 1 aliphatic carbocycles. The summed E-state index contributed by atoms with van der Waals surface area (Å²) in [5.41, 5.74) is 1.42. The van der Waals surface area contributed by atoms with E-state index in [9.17, 15) is 9.90 Å². The highest BCUT2D eigenvalue weighted by atomic mass is 16.3. The molecule has 5 nitrogen and oxygen atoms in total. The Labute approximate surface area is 126 Å². The van der Waals surface area contributed by atoms with E-state index in [2.05, 4.69) is 15.2 Å². The van der Waals surface area contributed by atoms with Crippen molar-refractivity contribution in [2.45, 2.75) is 45.1 Å². The van der Waals surface area contributed by atoms with Crippen molar-refractivity contribution in [3.05, 3.63) is 24.0 Å². The summed E-state index contributed by atoms with van der Waals surface area (Å²) in [5, 5.41) is 12.1. The fraction of sp³-hybridized carbons (Fsp3) is 0.625. The Bertz CT molecular complexity index is 459. The molecule has 2 rings (SSSR count). The van der Waals surface area contributed by atoms with Gasteiger partial charge in [-0.05, 0) is 31.9 Å². The summed E-state index contributed by atoms with van der Waals surface area (Å²) < 4.78 is 0. The first kappa shape index (κ1) is 15.8. The normalized spacial score (nSPS) is 15.7. The third-order valence-corrected chi connectivity index (χ3v) is 4.00. The Morgan fingerprint density at radius 2 is 2.19 bits per heavy atom. The fourth-order valence-corrected chi connectivity index (χ4v) is 3.00. The number of anilines is 1. The van der Waals surface area contributed by atoms with Gasteiger partial charge in [0.25, 0.3) is 5.91 Å². The van der Waals surface area contributed by atoms with Gasteiger partial charge < -0.3 is 15.3 Å². The number of carbonyl (C=O) groups excluding carboxylic acids is 1. The SMILES string of the molecule is CCNC(=O)c1cc(N(CCO)C2CCCCC2)ccn1. The first-order valence-corrected chi connectivity index (χ1v) is 7.88. The molecule has 0 unspecified atom stereocenters. The van der Waals surface area contributed by atoms with Gasteiger partial charge in [-0.15, -0.1) is 0 Å². The molecule has 1 heterocycles. The molecule has 1 aromatic heterocycles. The van der Waals surface area contributed by atoms with Crippen LogP contribution in [0.3, 0.4) is 0 Å². The molecule has 1 aliphatic rings. The first-order chi connectivity index (χ1) is 10.3. The highest BCUT2D eigenvalue weighted by Crippen LogP contribution is 2.27. The van der Waals surface area contributed by atoms with Crippen molar-refractivity contribution in [3.63, 3.8) is 0 Å². The molecule has 1 amide bonds. The fourth-order valence-electron chi connectivity index (χ4n) is 3.00. The molecular weight excluding hydrogens is 266 g/mol. The Balaban J connectivity index is 2.19. The summed E-state index contributed by atoms with van der Waals surface area (Å²) in [5.74, 6) is -0.146. The maximum Gasteiger partial charge on any atom is 0.269 e. The van der Waals surface area contributed by atoms with Gasteiger partial charge in [0.15, 0.2) is 0 Å². The number of hydrogen-bond acceptors (Lipinski definition) is 4. The van der Waals surface area contributed by atoms with E-state index in [0.29, 0.717) is 24.8 Å². The Morgan fingerprint density at radius 1 is 1.43 bits per heavy atom. The van der Waals surface area contributed by atoms with Crippen molar-refractivity contribution in [1.29, 1.82) is 0 Å². The van der Waals surface area contributed by atoms with E-state index in [4.69, 9.17) is 0 Å².